The normalized spacial score (nSPS) is 24.7. The first-order valence-electron chi connectivity index (χ1n) is 9.34. The zero-order valence-corrected chi connectivity index (χ0v) is 15.7. The quantitative estimate of drug-likeness (QED) is 0.806. The highest BCUT2D eigenvalue weighted by atomic mass is 35.5. The molecule has 1 amide bonds. The largest absolute Gasteiger partial charge is 0.489 e. The standard InChI is InChI=1S/C20H24ClN3O2/c1-2-19-22-9-10-23(19)13-20(25)24-11-14-7-8-17(15(14)12-24)26-18-6-4-3-5-16(18)21/h3-6,9-10,14-15,17H,2,7-8,11-13H2,1H3/t14-,15+,17-/m0/s1. The third-order valence-electron chi connectivity index (χ3n) is 5.68. The van der Waals surface area contributed by atoms with Crippen LogP contribution >= 0.6 is 11.6 Å². The number of hydrogen-bond donors (Lipinski definition) is 0. The first kappa shape index (κ1) is 17.4. The minimum Gasteiger partial charge on any atom is -0.489 e. The topological polar surface area (TPSA) is 47.4 Å². The molecule has 2 fully saturated rings. The Balaban J connectivity index is 1.39. The number of carbonyl (C=O) groups is 1. The van der Waals surface area contributed by atoms with Crippen LogP contribution in [0.2, 0.25) is 5.02 Å². The SMILES string of the molecule is CCc1nccn1CC(=O)N1C[C@@H]2CC[C@H](Oc3ccccc3Cl)[C@@H]2C1. The van der Waals surface area contributed by atoms with Gasteiger partial charge in [-0.05, 0) is 30.9 Å². The fourth-order valence-electron chi connectivity index (χ4n) is 4.31. The molecule has 138 valence electrons. The first-order chi connectivity index (χ1) is 12.7. The molecule has 1 saturated carbocycles. The van der Waals surface area contributed by atoms with E-state index in [9.17, 15) is 4.79 Å². The van der Waals surface area contributed by atoms with Gasteiger partial charge in [-0.3, -0.25) is 4.79 Å². The predicted octanol–water partition coefficient (Wildman–Crippen LogP) is 3.41. The van der Waals surface area contributed by atoms with E-state index in [1.165, 1.54) is 0 Å². The van der Waals surface area contributed by atoms with Crippen molar-refractivity contribution in [2.24, 2.45) is 11.8 Å². The lowest BCUT2D eigenvalue weighted by Gasteiger charge is -2.23. The van der Waals surface area contributed by atoms with Gasteiger partial charge in [0.15, 0.2) is 0 Å². The molecule has 0 bridgehead atoms. The van der Waals surface area contributed by atoms with Crippen LogP contribution in [-0.4, -0.2) is 39.6 Å². The molecule has 1 aliphatic heterocycles. The molecule has 2 aliphatic rings. The van der Waals surface area contributed by atoms with Gasteiger partial charge in [0.25, 0.3) is 0 Å². The molecule has 26 heavy (non-hydrogen) atoms. The summed E-state index contributed by atoms with van der Waals surface area (Å²) in [6.45, 7) is 4.04. The van der Waals surface area contributed by atoms with Crippen LogP contribution in [0.1, 0.15) is 25.6 Å². The highest BCUT2D eigenvalue weighted by molar-refractivity contribution is 6.32. The Morgan fingerprint density at radius 1 is 1.31 bits per heavy atom. The van der Waals surface area contributed by atoms with Gasteiger partial charge in [0.2, 0.25) is 5.91 Å². The minimum atomic E-state index is 0.136. The summed E-state index contributed by atoms with van der Waals surface area (Å²) in [4.78, 5) is 19.0. The monoisotopic (exact) mass is 373 g/mol. The van der Waals surface area contributed by atoms with Crippen molar-refractivity contribution >= 4 is 17.5 Å². The highest BCUT2D eigenvalue weighted by Gasteiger charge is 2.45. The van der Waals surface area contributed by atoms with Gasteiger partial charge in [-0.1, -0.05) is 30.7 Å². The molecule has 0 unspecified atom stereocenters. The molecule has 2 aromatic rings. The number of halogens is 1. The van der Waals surface area contributed by atoms with Crippen LogP contribution in [0.25, 0.3) is 0 Å². The van der Waals surface area contributed by atoms with E-state index in [-0.39, 0.29) is 12.0 Å². The third-order valence-corrected chi connectivity index (χ3v) is 5.99. The second-order valence-corrected chi connectivity index (χ2v) is 7.62. The number of aromatic nitrogens is 2. The summed E-state index contributed by atoms with van der Waals surface area (Å²) in [5, 5.41) is 0.647. The average Bonchev–Trinajstić information content (AvgIpc) is 3.33. The molecule has 0 N–H and O–H groups in total. The number of imidazole rings is 1. The number of amides is 1. The Kier molecular flexibility index (Phi) is 4.90. The molecular formula is C20H24ClN3O2. The van der Waals surface area contributed by atoms with E-state index in [0.29, 0.717) is 23.4 Å². The second kappa shape index (κ2) is 7.31. The maximum Gasteiger partial charge on any atom is 0.242 e. The van der Waals surface area contributed by atoms with Gasteiger partial charge < -0.3 is 14.2 Å². The van der Waals surface area contributed by atoms with Crippen molar-refractivity contribution in [1.82, 2.24) is 14.5 Å². The summed E-state index contributed by atoms with van der Waals surface area (Å²) in [5.41, 5.74) is 0. The van der Waals surface area contributed by atoms with Gasteiger partial charge in [-0.15, -0.1) is 0 Å². The molecule has 1 saturated heterocycles. The lowest BCUT2D eigenvalue weighted by Crippen LogP contribution is -2.34. The van der Waals surface area contributed by atoms with Crippen LogP contribution in [0, 0.1) is 11.8 Å². The van der Waals surface area contributed by atoms with Crippen molar-refractivity contribution in [3.8, 4) is 5.75 Å². The van der Waals surface area contributed by atoms with E-state index in [2.05, 4.69) is 11.9 Å². The van der Waals surface area contributed by atoms with E-state index < -0.39 is 0 Å². The fourth-order valence-corrected chi connectivity index (χ4v) is 4.49. The van der Waals surface area contributed by atoms with Gasteiger partial charge >= 0.3 is 0 Å². The van der Waals surface area contributed by atoms with E-state index in [1.807, 2.05) is 39.9 Å². The van der Waals surface area contributed by atoms with Gasteiger partial charge in [-0.2, -0.15) is 0 Å². The Morgan fingerprint density at radius 3 is 2.96 bits per heavy atom. The van der Waals surface area contributed by atoms with Gasteiger partial charge in [-0.25, -0.2) is 4.98 Å². The highest BCUT2D eigenvalue weighted by Crippen LogP contribution is 2.41. The Bertz CT molecular complexity index is 791. The van der Waals surface area contributed by atoms with Crippen molar-refractivity contribution in [1.29, 1.82) is 0 Å². The molecule has 1 aliphatic carbocycles. The van der Waals surface area contributed by atoms with E-state index in [0.717, 1.165) is 43.9 Å². The molecule has 5 nitrogen and oxygen atoms in total. The number of aryl methyl sites for hydroxylation is 1. The number of fused-ring (bicyclic) bond motifs is 1. The number of hydrogen-bond acceptors (Lipinski definition) is 3. The van der Waals surface area contributed by atoms with Gasteiger partial charge in [0.1, 0.15) is 24.2 Å². The predicted molar refractivity (Wildman–Crippen MR) is 100 cm³/mol. The van der Waals surface area contributed by atoms with Crippen LogP contribution in [-0.2, 0) is 17.8 Å². The number of nitrogens with zero attached hydrogens (tertiary/aromatic N) is 3. The van der Waals surface area contributed by atoms with E-state index >= 15 is 0 Å². The Morgan fingerprint density at radius 2 is 2.15 bits per heavy atom. The molecule has 0 spiro atoms. The lowest BCUT2D eigenvalue weighted by molar-refractivity contribution is -0.131. The summed E-state index contributed by atoms with van der Waals surface area (Å²) in [5.74, 6) is 2.79. The average molecular weight is 374 g/mol. The summed E-state index contributed by atoms with van der Waals surface area (Å²) in [6.07, 6.45) is 6.75. The van der Waals surface area contributed by atoms with E-state index in [1.54, 1.807) is 6.20 Å². The molecule has 6 heteroatoms. The number of likely N-dealkylation sites (tertiary alicyclic amines) is 1. The first-order valence-corrected chi connectivity index (χ1v) is 9.72. The van der Waals surface area contributed by atoms with Crippen molar-refractivity contribution in [3.63, 3.8) is 0 Å². The van der Waals surface area contributed by atoms with Crippen molar-refractivity contribution in [3.05, 3.63) is 47.5 Å². The Hall–Kier alpha value is -2.01. The summed E-state index contributed by atoms with van der Waals surface area (Å²) in [6, 6.07) is 7.61. The maximum absolute atomic E-state index is 12.7. The van der Waals surface area contributed by atoms with Crippen LogP contribution in [0.3, 0.4) is 0 Å². The molecular weight excluding hydrogens is 350 g/mol. The molecule has 1 aromatic heterocycles. The molecule has 3 atom stereocenters. The summed E-state index contributed by atoms with van der Waals surface area (Å²) >= 11 is 6.23. The maximum atomic E-state index is 12.7. The van der Waals surface area contributed by atoms with Crippen LogP contribution in [0.5, 0.6) is 5.75 Å². The van der Waals surface area contributed by atoms with Crippen molar-refractivity contribution in [2.75, 3.05) is 13.1 Å². The molecule has 4 rings (SSSR count). The van der Waals surface area contributed by atoms with Crippen LogP contribution in [0.15, 0.2) is 36.7 Å². The molecule has 1 aromatic carbocycles. The second-order valence-electron chi connectivity index (χ2n) is 7.21. The number of benzene rings is 1. The number of carbonyl (C=O) groups excluding carboxylic acids is 1. The Labute approximate surface area is 158 Å². The van der Waals surface area contributed by atoms with Crippen molar-refractivity contribution in [2.45, 2.75) is 38.8 Å². The smallest absolute Gasteiger partial charge is 0.242 e. The minimum absolute atomic E-state index is 0.136. The van der Waals surface area contributed by atoms with Crippen molar-refractivity contribution < 1.29 is 9.53 Å². The van der Waals surface area contributed by atoms with Crippen LogP contribution < -0.4 is 4.74 Å². The molecule has 0 radical (unpaired) electrons. The van der Waals surface area contributed by atoms with Gasteiger partial charge in [0, 0.05) is 37.8 Å². The zero-order valence-electron chi connectivity index (χ0n) is 15.0. The summed E-state index contributed by atoms with van der Waals surface area (Å²) in [7, 11) is 0. The van der Waals surface area contributed by atoms with Gasteiger partial charge in [0.05, 0.1) is 5.02 Å². The lowest BCUT2D eigenvalue weighted by atomic mass is 9.99. The fraction of sp³-hybridized carbons (Fsp3) is 0.500. The zero-order chi connectivity index (χ0) is 18.1. The number of para-hydroxylation sites is 1. The van der Waals surface area contributed by atoms with E-state index in [4.69, 9.17) is 16.3 Å². The third kappa shape index (κ3) is 3.32. The van der Waals surface area contributed by atoms with Crippen LogP contribution in [0.4, 0.5) is 0 Å². The number of rotatable bonds is 5. The summed E-state index contributed by atoms with van der Waals surface area (Å²) < 4.78 is 8.16. The number of ether oxygens (including phenoxy) is 1. The molecule has 2 heterocycles.